The zero-order valence-corrected chi connectivity index (χ0v) is 22.7. The Hall–Kier alpha value is -3.23. The van der Waals surface area contributed by atoms with Gasteiger partial charge >= 0.3 is 0 Å². The third-order valence-electron chi connectivity index (χ3n) is 6.52. The van der Waals surface area contributed by atoms with Gasteiger partial charge in [0, 0.05) is 31.7 Å². The van der Waals surface area contributed by atoms with Crippen LogP contribution in [0.4, 0.5) is 11.4 Å². The zero-order chi connectivity index (χ0) is 27.0. The Kier molecular flexibility index (Phi) is 9.83. The van der Waals surface area contributed by atoms with Crippen molar-refractivity contribution in [3.05, 3.63) is 45.7 Å². The van der Waals surface area contributed by atoms with Gasteiger partial charge in [0.25, 0.3) is 5.56 Å². The fourth-order valence-corrected chi connectivity index (χ4v) is 5.88. The van der Waals surface area contributed by atoms with Crippen LogP contribution in [0.2, 0.25) is 0 Å². The average Bonchev–Trinajstić information content (AvgIpc) is 2.89. The molecule has 11 heteroatoms. The summed E-state index contributed by atoms with van der Waals surface area (Å²) in [6.07, 6.45) is 6.08. The molecule has 10 nitrogen and oxygen atoms in total. The van der Waals surface area contributed by atoms with E-state index in [2.05, 4.69) is 10.2 Å². The number of piperidine rings is 1. The zero-order valence-electron chi connectivity index (χ0n) is 21.9. The summed E-state index contributed by atoms with van der Waals surface area (Å²) < 4.78 is 29.3. The topological polar surface area (TPSA) is 131 Å². The highest BCUT2D eigenvalue weighted by Gasteiger charge is 2.25. The lowest BCUT2D eigenvalue weighted by Crippen LogP contribution is -2.45. The van der Waals surface area contributed by atoms with E-state index in [4.69, 9.17) is 0 Å². The van der Waals surface area contributed by atoms with Gasteiger partial charge < -0.3 is 10.1 Å². The molecule has 200 valence electrons. The molecule has 0 saturated carbocycles. The van der Waals surface area contributed by atoms with Crippen molar-refractivity contribution in [1.82, 2.24) is 8.98 Å². The summed E-state index contributed by atoms with van der Waals surface area (Å²) >= 11 is 0. The molecule has 1 aliphatic rings. The van der Waals surface area contributed by atoms with Gasteiger partial charge in [-0.3, -0.25) is 4.79 Å². The number of nitriles is 1. The summed E-state index contributed by atoms with van der Waals surface area (Å²) in [5.41, 5.74) is -0.203. The van der Waals surface area contributed by atoms with Gasteiger partial charge in [0.15, 0.2) is 5.69 Å². The number of aromatic hydroxyl groups is 1. The molecule has 0 amide bonds. The number of nitrogens with zero attached hydrogens (tertiary/aromatic N) is 6. The molecular weight excluding hydrogens is 492 g/mol. The first-order chi connectivity index (χ1) is 17.8. The Labute approximate surface area is 218 Å². The van der Waals surface area contributed by atoms with Crippen LogP contribution in [0.25, 0.3) is 0 Å². The molecule has 1 fully saturated rings. The minimum atomic E-state index is -3.72. The van der Waals surface area contributed by atoms with Gasteiger partial charge in [0.05, 0.1) is 10.6 Å². The van der Waals surface area contributed by atoms with Crippen LogP contribution in [-0.2, 0) is 10.0 Å². The fourth-order valence-electron chi connectivity index (χ4n) is 4.32. The molecule has 1 saturated heterocycles. The standard InChI is InChI=1S/C26H36N6O4S/c1-4-6-16-31(17-7-5-2)37(35,36)22-13-11-12-21(18-22)28-29-24-20(3)23(19-27)25(33)32(26(24)34)30-14-9-8-10-15-30/h11-13,18,33H,4-10,14-17H2,1-3H3. The van der Waals surface area contributed by atoms with Gasteiger partial charge in [-0.2, -0.15) is 19.4 Å². The largest absolute Gasteiger partial charge is 0.492 e. The van der Waals surface area contributed by atoms with E-state index in [1.165, 1.54) is 23.4 Å². The first-order valence-corrected chi connectivity index (χ1v) is 14.4. The molecule has 0 aliphatic carbocycles. The maximum Gasteiger partial charge on any atom is 0.300 e. The Bertz CT molecular complexity index is 1320. The normalized spacial score (nSPS) is 14.4. The number of azo groups is 1. The maximum absolute atomic E-state index is 13.4. The number of hydrogen-bond donors (Lipinski definition) is 1. The molecule has 1 aromatic heterocycles. The van der Waals surface area contributed by atoms with Crippen LogP contribution in [0.15, 0.2) is 44.2 Å². The minimum Gasteiger partial charge on any atom is -0.492 e. The van der Waals surface area contributed by atoms with E-state index in [0.29, 0.717) is 26.2 Å². The Morgan fingerprint density at radius 1 is 1.08 bits per heavy atom. The van der Waals surface area contributed by atoms with Crippen LogP contribution in [-0.4, -0.2) is 48.7 Å². The predicted molar refractivity (Wildman–Crippen MR) is 143 cm³/mol. The molecule has 0 radical (unpaired) electrons. The molecule has 1 aliphatic heterocycles. The third kappa shape index (κ3) is 6.37. The second-order valence-electron chi connectivity index (χ2n) is 9.22. The van der Waals surface area contributed by atoms with Crippen LogP contribution in [0.1, 0.15) is 69.9 Å². The smallest absolute Gasteiger partial charge is 0.300 e. The molecule has 0 bridgehead atoms. The van der Waals surface area contributed by atoms with Gasteiger partial charge in [0.1, 0.15) is 11.6 Å². The first kappa shape index (κ1) is 28.3. The third-order valence-corrected chi connectivity index (χ3v) is 8.41. The number of hydrogen-bond acceptors (Lipinski definition) is 8. The van der Waals surface area contributed by atoms with Crippen molar-refractivity contribution in [1.29, 1.82) is 5.26 Å². The lowest BCUT2D eigenvalue weighted by Gasteiger charge is -2.31. The second-order valence-corrected chi connectivity index (χ2v) is 11.2. The van der Waals surface area contributed by atoms with Gasteiger partial charge in [0.2, 0.25) is 15.9 Å². The van der Waals surface area contributed by atoms with Crippen LogP contribution < -0.4 is 10.6 Å². The number of sulfonamides is 1. The Morgan fingerprint density at radius 2 is 1.73 bits per heavy atom. The van der Waals surface area contributed by atoms with Crippen molar-refractivity contribution < 1.29 is 13.5 Å². The van der Waals surface area contributed by atoms with E-state index in [0.717, 1.165) is 49.6 Å². The van der Waals surface area contributed by atoms with Crippen LogP contribution in [0, 0.1) is 18.3 Å². The van der Waals surface area contributed by atoms with Gasteiger partial charge in [-0.25, -0.2) is 8.42 Å². The summed E-state index contributed by atoms with van der Waals surface area (Å²) in [6.45, 7) is 7.63. The number of pyridine rings is 1. The van der Waals surface area contributed by atoms with E-state index in [1.807, 2.05) is 19.9 Å². The predicted octanol–water partition coefficient (Wildman–Crippen LogP) is 4.86. The van der Waals surface area contributed by atoms with Crippen LogP contribution >= 0.6 is 0 Å². The highest BCUT2D eigenvalue weighted by atomic mass is 32.2. The van der Waals surface area contributed by atoms with Gasteiger partial charge in [-0.1, -0.05) is 32.8 Å². The molecule has 0 atom stereocenters. The molecule has 1 N–H and O–H groups in total. The SMILES string of the molecule is CCCCN(CCCC)S(=O)(=O)c1cccc(N=Nc2c(C)c(C#N)c(O)n(N3CCCCC3)c2=O)c1. The lowest BCUT2D eigenvalue weighted by molar-refractivity contribution is 0.373. The number of unbranched alkanes of at least 4 members (excludes halogenated alkanes) is 2. The average molecular weight is 529 g/mol. The quantitative estimate of drug-likeness (QED) is 0.414. The van der Waals surface area contributed by atoms with Crippen molar-refractivity contribution in [3.8, 4) is 11.9 Å². The van der Waals surface area contributed by atoms with Gasteiger partial charge in [-0.05, 0) is 57.2 Å². The molecule has 0 spiro atoms. The van der Waals surface area contributed by atoms with E-state index in [9.17, 15) is 23.6 Å². The molecule has 37 heavy (non-hydrogen) atoms. The fraction of sp³-hybridized carbons (Fsp3) is 0.538. The minimum absolute atomic E-state index is 0.0436. The van der Waals surface area contributed by atoms with E-state index < -0.39 is 21.5 Å². The highest BCUT2D eigenvalue weighted by Crippen LogP contribution is 2.29. The number of aromatic nitrogens is 1. The van der Waals surface area contributed by atoms with Crippen molar-refractivity contribution >= 4 is 21.4 Å². The van der Waals surface area contributed by atoms with Crippen LogP contribution in [0.3, 0.4) is 0 Å². The van der Waals surface area contributed by atoms with Crippen molar-refractivity contribution in [2.24, 2.45) is 10.2 Å². The maximum atomic E-state index is 13.4. The van der Waals surface area contributed by atoms with E-state index in [1.54, 1.807) is 17.1 Å². The summed E-state index contributed by atoms with van der Waals surface area (Å²) in [7, 11) is -3.72. The summed E-state index contributed by atoms with van der Waals surface area (Å²) in [5, 5.41) is 30.3. The highest BCUT2D eigenvalue weighted by molar-refractivity contribution is 7.89. The van der Waals surface area contributed by atoms with E-state index >= 15 is 0 Å². The van der Waals surface area contributed by atoms with Gasteiger partial charge in [-0.15, -0.1) is 5.11 Å². The Morgan fingerprint density at radius 3 is 2.32 bits per heavy atom. The molecule has 2 heterocycles. The molecular formula is C26H36N6O4S. The molecule has 2 aromatic rings. The molecule has 3 rings (SSSR count). The van der Waals surface area contributed by atoms with Crippen molar-refractivity contribution in [2.45, 2.75) is 70.6 Å². The first-order valence-electron chi connectivity index (χ1n) is 12.9. The molecule has 1 aromatic carbocycles. The lowest BCUT2D eigenvalue weighted by atomic mass is 10.1. The summed E-state index contributed by atoms with van der Waals surface area (Å²) in [6, 6.07) is 8.13. The monoisotopic (exact) mass is 528 g/mol. The second kappa shape index (κ2) is 12.8. The van der Waals surface area contributed by atoms with E-state index in [-0.39, 0.29) is 27.4 Å². The summed E-state index contributed by atoms with van der Waals surface area (Å²) in [5.74, 6) is -0.404. The number of rotatable bonds is 11. The van der Waals surface area contributed by atoms with Crippen LogP contribution in [0.5, 0.6) is 5.88 Å². The molecule has 0 unspecified atom stereocenters. The van der Waals surface area contributed by atoms with Crippen molar-refractivity contribution in [3.63, 3.8) is 0 Å². The number of benzene rings is 1. The summed E-state index contributed by atoms with van der Waals surface area (Å²) in [4.78, 5) is 13.4. The Balaban J connectivity index is 2.00. The van der Waals surface area contributed by atoms with Crippen molar-refractivity contribution in [2.75, 3.05) is 31.2 Å².